The number of benzene rings is 2. The summed E-state index contributed by atoms with van der Waals surface area (Å²) in [5.74, 6) is -0.366. The van der Waals surface area contributed by atoms with Crippen molar-refractivity contribution in [2.45, 2.75) is 6.42 Å². The fourth-order valence-corrected chi connectivity index (χ4v) is 1.73. The zero-order valence-electron chi connectivity index (χ0n) is 10.3. The second kappa shape index (κ2) is 6.00. The molecule has 0 radical (unpaired) electrons. The number of phenolic OH excluding ortho intramolecular Hbond substituents is 1. The molecule has 0 bridgehead atoms. The maximum atomic E-state index is 12.9. The minimum absolute atomic E-state index is 0.122. The molecule has 0 aliphatic heterocycles. The van der Waals surface area contributed by atoms with Crippen LogP contribution in [0.25, 0.3) is 0 Å². The van der Waals surface area contributed by atoms with Crippen LogP contribution in [0.5, 0.6) is 5.75 Å². The molecule has 0 aliphatic rings. The van der Waals surface area contributed by atoms with Crippen LogP contribution < -0.4 is 5.32 Å². The smallest absolute Gasteiger partial charge is 0.251 e. The number of halogens is 1. The summed E-state index contributed by atoms with van der Waals surface area (Å²) in [5, 5.41) is 11.9. The largest absolute Gasteiger partial charge is 0.508 e. The molecule has 0 aromatic heterocycles. The van der Waals surface area contributed by atoms with E-state index in [0.29, 0.717) is 18.5 Å². The van der Waals surface area contributed by atoms with Crippen LogP contribution in [0.4, 0.5) is 4.39 Å². The Kier molecular flexibility index (Phi) is 4.13. The predicted octanol–water partition coefficient (Wildman–Crippen LogP) is 2.50. The van der Waals surface area contributed by atoms with Gasteiger partial charge in [0.15, 0.2) is 0 Å². The van der Waals surface area contributed by atoms with Gasteiger partial charge in [-0.1, -0.05) is 12.1 Å². The number of phenols is 1. The molecule has 2 rings (SSSR count). The van der Waals surface area contributed by atoms with Gasteiger partial charge in [0, 0.05) is 12.1 Å². The van der Waals surface area contributed by atoms with Gasteiger partial charge in [-0.15, -0.1) is 0 Å². The molecule has 0 fully saturated rings. The van der Waals surface area contributed by atoms with E-state index in [1.807, 2.05) is 6.07 Å². The Labute approximate surface area is 110 Å². The van der Waals surface area contributed by atoms with Crippen LogP contribution in [0, 0.1) is 5.82 Å². The molecule has 0 heterocycles. The summed E-state index contributed by atoms with van der Waals surface area (Å²) < 4.78 is 12.9. The summed E-state index contributed by atoms with van der Waals surface area (Å²) in [6.45, 7) is 0.434. The van der Waals surface area contributed by atoms with E-state index in [-0.39, 0.29) is 17.5 Å². The van der Waals surface area contributed by atoms with Gasteiger partial charge in [0.1, 0.15) is 11.6 Å². The average molecular weight is 259 g/mol. The highest BCUT2D eigenvalue weighted by Gasteiger charge is 2.04. The summed E-state index contributed by atoms with van der Waals surface area (Å²) in [6, 6.07) is 12.3. The van der Waals surface area contributed by atoms with Crippen LogP contribution in [-0.4, -0.2) is 17.6 Å². The van der Waals surface area contributed by atoms with E-state index >= 15 is 0 Å². The normalized spacial score (nSPS) is 10.2. The van der Waals surface area contributed by atoms with Gasteiger partial charge in [-0.2, -0.15) is 0 Å². The third-order valence-electron chi connectivity index (χ3n) is 2.72. The van der Waals surface area contributed by atoms with E-state index in [1.165, 1.54) is 24.3 Å². The van der Waals surface area contributed by atoms with Gasteiger partial charge in [-0.3, -0.25) is 4.79 Å². The van der Waals surface area contributed by atoms with Crippen LogP contribution >= 0.6 is 0 Å². The van der Waals surface area contributed by atoms with Crippen molar-refractivity contribution >= 4 is 5.91 Å². The zero-order valence-corrected chi connectivity index (χ0v) is 10.3. The number of carbonyl (C=O) groups is 1. The molecule has 0 saturated heterocycles. The molecule has 2 aromatic carbocycles. The standard InChI is InChI=1S/C15H14FNO2/c16-13-3-1-2-11(10-13)8-9-17-15(19)12-4-6-14(18)7-5-12/h1-7,10,18H,8-9H2,(H,17,19). The van der Waals surface area contributed by atoms with Crippen LogP contribution in [0.2, 0.25) is 0 Å². The van der Waals surface area contributed by atoms with Crippen LogP contribution in [0.15, 0.2) is 48.5 Å². The minimum atomic E-state index is -0.276. The van der Waals surface area contributed by atoms with Crippen molar-refractivity contribution in [1.82, 2.24) is 5.32 Å². The molecular formula is C15H14FNO2. The third kappa shape index (κ3) is 3.81. The van der Waals surface area contributed by atoms with E-state index in [1.54, 1.807) is 18.2 Å². The number of nitrogens with one attached hydrogen (secondary N) is 1. The van der Waals surface area contributed by atoms with Gasteiger partial charge in [0.25, 0.3) is 5.91 Å². The van der Waals surface area contributed by atoms with Gasteiger partial charge < -0.3 is 10.4 Å². The van der Waals surface area contributed by atoms with E-state index < -0.39 is 0 Å². The fourth-order valence-electron chi connectivity index (χ4n) is 1.73. The maximum Gasteiger partial charge on any atom is 0.251 e. The predicted molar refractivity (Wildman–Crippen MR) is 70.5 cm³/mol. The Morgan fingerprint density at radius 1 is 1.16 bits per heavy atom. The van der Waals surface area contributed by atoms with Crippen molar-refractivity contribution in [3.05, 3.63) is 65.5 Å². The van der Waals surface area contributed by atoms with Crippen molar-refractivity contribution in [2.75, 3.05) is 6.54 Å². The third-order valence-corrected chi connectivity index (χ3v) is 2.72. The number of hydrogen-bond acceptors (Lipinski definition) is 2. The first kappa shape index (κ1) is 13.1. The first-order valence-corrected chi connectivity index (χ1v) is 5.97. The average Bonchev–Trinajstić information content (AvgIpc) is 2.39. The summed E-state index contributed by atoms with van der Waals surface area (Å²) in [6.07, 6.45) is 0.571. The number of hydrogen-bond donors (Lipinski definition) is 2. The molecule has 3 nitrogen and oxygen atoms in total. The molecule has 0 aliphatic carbocycles. The molecule has 0 atom stereocenters. The van der Waals surface area contributed by atoms with E-state index in [0.717, 1.165) is 5.56 Å². The van der Waals surface area contributed by atoms with Gasteiger partial charge in [-0.05, 0) is 48.4 Å². The number of carbonyl (C=O) groups excluding carboxylic acids is 1. The molecule has 2 N–H and O–H groups in total. The van der Waals surface area contributed by atoms with Crippen molar-refractivity contribution in [3.63, 3.8) is 0 Å². The van der Waals surface area contributed by atoms with Crippen molar-refractivity contribution in [1.29, 1.82) is 0 Å². The van der Waals surface area contributed by atoms with Crippen LogP contribution in [0.1, 0.15) is 15.9 Å². The lowest BCUT2D eigenvalue weighted by molar-refractivity contribution is 0.0954. The SMILES string of the molecule is O=C(NCCc1cccc(F)c1)c1ccc(O)cc1. The first-order chi connectivity index (χ1) is 9.15. The van der Waals surface area contributed by atoms with Crippen molar-refractivity contribution < 1.29 is 14.3 Å². The molecule has 0 saturated carbocycles. The Morgan fingerprint density at radius 3 is 2.58 bits per heavy atom. The van der Waals surface area contributed by atoms with Crippen LogP contribution in [-0.2, 0) is 6.42 Å². The molecule has 0 spiro atoms. The molecule has 4 heteroatoms. The summed E-state index contributed by atoms with van der Waals surface area (Å²) in [7, 11) is 0. The van der Waals surface area contributed by atoms with Gasteiger partial charge in [0.05, 0.1) is 0 Å². The lowest BCUT2D eigenvalue weighted by Gasteiger charge is -2.05. The lowest BCUT2D eigenvalue weighted by atomic mass is 10.1. The molecular weight excluding hydrogens is 245 g/mol. The van der Waals surface area contributed by atoms with Crippen molar-refractivity contribution in [3.8, 4) is 5.75 Å². The van der Waals surface area contributed by atoms with Gasteiger partial charge in [-0.25, -0.2) is 4.39 Å². The maximum absolute atomic E-state index is 12.9. The summed E-state index contributed by atoms with van der Waals surface area (Å²) in [5.41, 5.74) is 1.32. The Bertz CT molecular complexity index is 567. The second-order valence-corrected chi connectivity index (χ2v) is 4.18. The van der Waals surface area contributed by atoms with Crippen LogP contribution in [0.3, 0.4) is 0 Å². The van der Waals surface area contributed by atoms with E-state index in [4.69, 9.17) is 5.11 Å². The molecule has 0 unspecified atom stereocenters. The van der Waals surface area contributed by atoms with E-state index in [2.05, 4.69) is 5.32 Å². The minimum Gasteiger partial charge on any atom is -0.508 e. The topological polar surface area (TPSA) is 49.3 Å². The highest BCUT2D eigenvalue weighted by atomic mass is 19.1. The van der Waals surface area contributed by atoms with E-state index in [9.17, 15) is 9.18 Å². The number of rotatable bonds is 4. The quantitative estimate of drug-likeness (QED) is 0.886. The second-order valence-electron chi connectivity index (χ2n) is 4.18. The van der Waals surface area contributed by atoms with Gasteiger partial charge >= 0.3 is 0 Å². The first-order valence-electron chi connectivity index (χ1n) is 5.97. The molecule has 2 aromatic rings. The number of aromatic hydroxyl groups is 1. The Balaban J connectivity index is 1.86. The lowest BCUT2D eigenvalue weighted by Crippen LogP contribution is -2.25. The highest BCUT2D eigenvalue weighted by Crippen LogP contribution is 2.09. The van der Waals surface area contributed by atoms with Gasteiger partial charge in [0.2, 0.25) is 0 Å². The van der Waals surface area contributed by atoms with Crippen molar-refractivity contribution in [2.24, 2.45) is 0 Å². The Hall–Kier alpha value is -2.36. The zero-order chi connectivity index (χ0) is 13.7. The molecule has 19 heavy (non-hydrogen) atoms. The Morgan fingerprint density at radius 2 is 1.89 bits per heavy atom. The molecule has 98 valence electrons. The molecule has 1 amide bonds. The monoisotopic (exact) mass is 259 g/mol. The summed E-state index contributed by atoms with van der Waals surface area (Å²) in [4.78, 5) is 11.7. The summed E-state index contributed by atoms with van der Waals surface area (Å²) >= 11 is 0. The number of amides is 1. The fraction of sp³-hybridized carbons (Fsp3) is 0.133. The highest BCUT2D eigenvalue weighted by molar-refractivity contribution is 5.94.